The summed E-state index contributed by atoms with van der Waals surface area (Å²) in [7, 11) is 1.31. The lowest BCUT2D eigenvalue weighted by Gasteiger charge is -2.09. The van der Waals surface area contributed by atoms with Gasteiger partial charge in [0.25, 0.3) is 5.91 Å². The van der Waals surface area contributed by atoms with Crippen molar-refractivity contribution in [3.05, 3.63) is 59.7 Å². The Balaban J connectivity index is 1.89. The Labute approximate surface area is 135 Å². The Morgan fingerprint density at radius 2 is 1.83 bits per heavy atom. The number of methoxy groups -OCH3 is 1. The van der Waals surface area contributed by atoms with Gasteiger partial charge in [-0.25, -0.2) is 4.79 Å². The molecule has 2 rings (SSSR count). The van der Waals surface area contributed by atoms with Gasteiger partial charge in [0, 0.05) is 5.69 Å². The van der Waals surface area contributed by atoms with E-state index in [0.717, 1.165) is 12.1 Å². The maximum absolute atomic E-state index is 11.9. The van der Waals surface area contributed by atoms with Crippen LogP contribution in [0.1, 0.15) is 22.8 Å². The number of anilines is 1. The molecular formula is C18H19NO4. The second kappa shape index (κ2) is 7.98. The fourth-order valence-electron chi connectivity index (χ4n) is 2.00. The number of carbonyl (C=O) groups is 2. The highest BCUT2D eigenvalue weighted by Gasteiger charge is 2.08. The smallest absolute Gasteiger partial charge is 0.337 e. The molecule has 0 saturated carbocycles. The van der Waals surface area contributed by atoms with Gasteiger partial charge in [-0.1, -0.05) is 25.1 Å². The lowest BCUT2D eigenvalue weighted by Crippen LogP contribution is -2.20. The molecule has 0 aromatic heterocycles. The van der Waals surface area contributed by atoms with E-state index < -0.39 is 5.97 Å². The molecule has 0 aliphatic carbocycles. The van der Waals surface area contributed by atoms with E-state index in [4.69, 9.17) is 4.74 Å². The molecule has 0 fully saturated rings. The highest BCUT2D eigenvalue weighted by atomic mass is 16.5. The fraction of sp³-hybridized carbons (Fsp3) is 0.222. The number of ether oxygens (including phenoxy) is 2. The van der Waals surface area contributed by atoms with Crippen LogP contribution in [0.15, 0.2) is 48.5 Å². The maximum atomic E-state index is 11.9. The third-order valence-electron chi connectivity index (χ3n) is 3.27. The van der Waals surface area contributed by atoms with Crippen molar-refractivity contribution in [3.8, 4) is 5.75 Å². The molecule has 0 bridgehead atoms. The zero-order valence-corrected chi connectivity index (χ0v) is 13.2. The molecular weight excluding hydrogens is 294 g/mol. The molecule has 0 saturated heterocycles. The first-order valence-corrected chi connectivity index (χ1v) is 7.32. The van der Waals surface area contributed by atoms with E-state index in [-0.39, 0.29) is 12.5 Å². The van der Waals surface area contributed by atoms with Crippen LogP contribution in [0, 0.1) is 0 Å². The van der Waals surface area contributed by atoms with Crippen molar-refractivity contribution < 1.29 is 19.1 Å². The summed E-state index contributed by atoms with van der Waals surface area (Å²) >= 11 is 0. The minimum Gasteiger partial charge on any atom is -0.484 e. The molecule has 0 spiro atoms. The summed E-state index contributed by atoms with van der Waals surface area (Å²) < 4.78 is 10.0. The van der Waals surface area contributed by atoms with E-state index in [9.17, 15) is 9.59 Å². The molecule has 1 N–H and O–H groups in total. The quantitative estimate of drug-likeness (QED) is 0.833. The van der Waals surface area contributed by atoms with Crippen LogP contribution < -0.4 is 10.1 Å². The van der Waals surface area contributed by atoms with Crippen LogP contribution >= 0.6 is 0 Å². The number of hydrogen-bond donors (Lipinski definition) is 1. The summed E-state index contributed by atoms with van der Waals surface area (Å²) in [5.41, 5.74) is 2.30. The van der Waals surface area contributed by atoms with Gasteiger partial charge in [-0.2, -0.15) is 0 Å². The van der Waals surface area contributed by atoms with Crippen LogP contribution in [-0.4, -0.2) is 25.6 Å². The number of hydrogen-bond acceptors (Lipinski definition) is 4. The molecule has 0 unspecified atom stereocenters. The van der Waals surface area contributed by atoms with Gasteiger partial charge < -0.3 is 14.8 Å². The average Bonchev–Trinajstić information content (AvgIpc) is 2.60. The van der Waals surface area contributed by atoms with Crippen LogP contribution in [-0.2, 0) is 16.0 Å². The third kappa shape index (κ3) is 4.85. The summed E-state index contributed by atoms with van der Waals surface area (Å²) in [5.74, 6) is -0.280. The van der Waals surface area contributed by atoms with Crippen molar-refractivity contribution in [2.75, 3.05) is 19.0 Å². The molecule has 0 radical (unpaired) electrons. The Kier molecular flexibility index (Phi) is 5.74. The zero-order chi connectivity index (χ0) is 16.7. The topological polar surface area (TPSA) is 64.6 Å². The molecule has 0 atom stereocenters. The van der Waals surface area contributed by atoms with E-state index in [1.807, 2.05) is 24.3 Å². The molecule has 2 aromatic carbocycles. The molecule has 0 aliphatic heterocycles. The second-order valence-electron chi connectivity index (χ2n) is 4.91. The van der Waals surface area contributed by atoms with Gasteiger partial charge >= 0.3 is 5.97 Å². The molecule has 5 heteroatoms. The lowest BCUT2D eigenvalue weighted by molar-refractivity contribution is -0.118. The Bertz CT molecular complexity index is 680. The second-order valence-corrected chi connectivity index (χ2v) is 4.91. The standard InChI is InChI=1S/C18H19NO4/c1-3-13-7-9-15(10-8-13)19-17(20)12-23-16-6-4-5-14(11-16)18(21)22-2/h4-11H,3,12H2,1-2H3,(H,19,20). The van der Waals surface area contributed by atoms with Gasteiger partial charge in [0.2, 0.25) is 0 Å². The van der Waals surface area contributed by atoms with Crippen LogP contribution in [0.25, 0.3) is 0 Å². The molecule has 0 heterocycles. The minimum atomic E-state index is -0.448. The zero-order valence-electron chi connectivity index (χ0n) is 13.2. The molecule has 23 heavy (non-hydrogen) atoms. The van der Waals surface area contributed by atoms with E-state index in [2.05, 4.69) is 17.0 Å². The number of carbonyl (C=O) groups excluding carboxylic acids is 2. The minimum absolute atomic E-state index is 0.139. The first kappa shape index (κ1) is 16.5. The highest BCUT2D eigenvalue weighted by Crippen LogP contribution is 2.14. The van der Waals surface area contributed by atoms with E-state index >= 15 is 0 Å². The Morgan fingerprint density at radius 3 is 2.48 bits per heavy atom. The van der Waals surface area contributed by atoms with Gasteiger partial charge in [0.1, 0.15) is 5.75 Å². The highest BCUT2D eigenvalue weighted by molar-refractivity contribution is 5.92. The molecule has 2 aromatic rings. The molecule has 0 aliphatic rings. The van der Waals surface area contributed by atoms with Crippen molar-refractivity contribution in [2.24, 2.45) is 0 Å². The maximum Gasteiger partial charge on any atom is 0.337 e. The monoisotopic (exact) mass is 313 g/mol. The Hall–Kier alpha value is -2.82. The summed E-state index contributed by atoms with van der Waals surface area (Å²) in [6.45, 7) is 1.93. The first-order chi connectivity index (χ1) is 11.1. The molecule has 1 amide bonds. The summed E-state index contributed by atoms with van der Waals surface area (Å²) in [6, 6.07) is 14.2. The van der Waals surface area contributed by atoms with Crippen LogP contribution in [0.3, 0.4) is 0 Å². The molecule has 120 valence electrons. The van der Waals surface area contributed by atoms with Gasteiger partial charge in [-0.3, -0.25) is 4.79 Å². The predicted octanol–water partition coefficient (Wildman–Crippen LogP) is 3.05. The Morgan fingerprint density at radius 1 is 1.09 bits per heavy atom. The number of rotatable bonds is 6. The normalized spacial score (nSPS) is 10.0. The van der Waals surface area contributed by atoms with Crippen LogP contribution in [0.4, 0.5) is 5.69 Å². The SMILES string of the molecule is CCc1ccc(NC(=O)COc2cccc(C(=O)OC)c2)cc1. The number of esters is 1. The predicted molar refractivity (Wildman–Crippen MR) is 87.7 cm³/mol. The lowest BCUT2D eigenvalue weighted by atomic mass is 10.1. The van der Waals surface area contributed by atoms with Crippen LogP contribution in [0.2, 0.25) is 0 Å². The summed E-state index contributed by atoms with van der Waals surface area (Å²) in [5, 5.41) is 2.76. The van der Waals surface area contributed by atoms with Gasteiger partial charge in [-0.05, 0) is 42.3 Å². The number of amides is 1. The number of aryl methyl sites for hydroxylation is 1. The van der Waals surface area contributed by atoms with Crippen molar-refractivity contribution >= 4 is 17.6 Å². The van der Waals surface area contributed by atoms with Crippen molar-refractivity contribution in [2.45, 2.75) is 13.3 Å². The van der Waals surface area contributed by atoms with Crippen LogP contribution in [0.5, 0.6) is 5.75 Å². The van der Waals surface area contributed by atoms with Gasteiger partial charge in [0.05, 0.1) is 12.7 Å². The van der Waals surface area contributed by atoms with Gasteiger partial charge in [-0.15, -0.1) is 0 Å². The van der Waals surface area contributed by atoms with Crippen molar-refractivity contribution in [1.29, 1.82) is 0 Å². The largest absolute Gasteiger partial charge is 0.484 e. The van der Waals surface area contributed by atoms with E-state index in [1.165, 1.54) is 18.7 Å². The summed E-state index contributed by atoms with van der Waals surface area (Å²) in [6.07, 6.45) is 0.952. The molecule has 5 nitrogen and oxygen atoms in total. The number of nitrogens with one attached hydrogen (secondary N) is 1. The van der Waals surface area contributed by atoms with E-state index in [0.29, 0.717) is 11.3 Å². The van der Waals surface area contributed by atoms with Gasteiger partial charge in [0.15, 0.2) is 6.61 Å². The summed E-state index contributed by atoms with van der Waals surface area (Å²) in [4.78, 5) is 23.3. The average molecular weight is 313 g/mol. The third-order valence-corrected chi connectivity index (χ3v) is 3.27. The fourth-order valence-corrected chi connectivity index (χ4v) is 2.00. The first-order valence-electron chi connectivity index (χ1n) is 7.32. The van der Waals surface area contributed by atoms with E-state index in [1.54, 1.807) is 18.2 Å². The number of benzene rings is 2. The van der Waals surface area contributed by atoms with Crippen molar-refractivity contribution in [1.82, 2.24) is 0 Å². The van der Waals surface area contributed by atoms with Crippen molar-refractivity contribution in [3.63, 3.8) is 0 Å².